The molecule has 1 aliphatic rings. The van der Waals surface area contributed by atoms with Crippen LogP contribution in [0.1, 0.15) is 12.0 Å². The third-order valence-corrected chi connectivity index (χ3v) is 3.22. The topological polar surface area (TPSA) is 60.2 Å². The molecule has 1 unspecified atom stereocenters. The van der Waals surface area contributed by atoms with Crippen LogP contribution in [0.2, 0.25) is 0 Å². The molecule has 0 saturated carbocycles. The zero-order chi connectivity index (χ0) is 12.1. The van der Waals surface area contributed by atoms with Gasteiger partial charge in [0.15, 0.2) is 0 Å². The first-order chi connectivity index (χ1) is 8.25. The van der Waals surface area contributed by atoms with Crippen molar-refractivity contribution in [2.45, 2.75) is 19.0 Å². The zero-order valence-corrected chi connectivity index (χ0v) is 10.2. The summed E-state index contributed by atoms with van der Waals surface area (Å²) in [6.45, 7) is 3.52. The van der Waals surface area contributed by atoms with Gasteiger partial charge in [0.05, 0.1) is 0 Å². The van der Waals surface area contributed by atoms with Crippen molar-refractivity contribution in [3.05, 3.63) is 24.0 Å². The molecule has 0 aliphatic carbocycles. The Bertz CT molecular complexity index is 349. The van der Waals surface area contributed by atoms with E-state index >= 15 is 0 Å². The highest BCUT2D eigenvalue weighted by molar-refractivity contribution is 5.76. The first-order valence-electron chi connectivity index (χ1n) is 6.05. The molecule has 1 atom stereocenters. The third-order valence-electron chi connectivity index (χ3n) is 3.22. The van der Waals surface area contributed by atoms with E-state index in [0.29, 0.717) is 19.0 Å². The standard InChI is InChI=1S/C12H20N4O/c1-16-5-4-14-9-11(16)6-12(17)15-8-10-2-3-13-7-10/h2-3,7,11,13-14H,4-6,8-9H2,1H3,(H,15,17). The number of H-pyrrole nitrogens is 1. The maximum atomic E-state index is 11.8. The Morgan fingerprint density at radius 1 is 1.65 bits per heavy atom. The summed E-state index contributed by atoms with van der Waals surface area (Å²) in [4.78, 5) is 17.0. The predicted octanol–water partition coefficient (Wildman–Crippen LogP) is -0.0754. The van der Waals surface area contributed by atoms with Crippen LogP contribution in [0.15, 0.2) is 18.5 Å². The fourth-order valence-electron chi connectivity index (χ4n) is 2.05. The maximum Gasteiger partial charge on any atom is 0.221 e. The molecule has 0 bridgehead atoms. The van der Waals surface area contributed by atoms with Gasteiger partial charge in [-0.05, 0) is 18.7 Å². The number of amides is 1. The van der Waals surface area contributed by atoms with E-state index in [0.717, 1.165) is 25.2 Å². The lowest BCUT2D eigenvalue weighted by Gasteiger charge is -2.32. The molecule has 5 heteroatoms. The van der Waals surface area contributed by atoms with Gasteiger partial charge < -0.3 is 20.5 Å². The Kier molecular flexibility index (Phi) is 4.17. The van der Waals surface area contributed by atoms with E-state index in [-0.39, 0.29) is 5.91 Å². The lowest BCUT2D eigenvalue weighted by Crippen LogP contribution is -2.50. The van der Waals surface area contributed by atoms with Crippen LogP contribution in [0.5, 0.6) is 0 Å². The van der Waals surface area contributed by atoms with E-state index < -0.39 is 0 Å². The molecule has 3 N–H and O–H groups in total. The molecule has 0 spiro atoms. The van der Waals surface area contributed by atoms with Crippen LogP contribution < -0.4 is 10.6 Å². The number of hydrogen-bond donors (Lipinski definition) is 3. The molecule has 1 aromatic heterocycles. The number of carbonyl (C=O) groups is 1. The Balaban J connectivity index is 1.73. The number of carbonyl (C=O) groups excluding carboxylic acids is 1. The number of aromatic nitrogens is 1. The number of likely N-dealkylation sites (N-methyl/N-ethyl adjacent to an activating group) is 1. The van der Waals surface area contributed by atoms with Crippen LogP contribution in [0.3, 0.4) is 0 Å². The zero-order valence-electron chi connectivity index (χ0n) is 10.2. The molecule has 0 aromatic carbocycles. The van der Waals surface area contributed by atoms with Gasteiger partial charge in [-0.15, -0.1) is 0 Å². The van der Waals surface area contributed by atoms with E-state index in [1.165, 1.54) is 0 Å². The van der Waals surface area contributed by atoms with Gasteiger partial charge in [-0.1, -0.05) is 0 Å². The molecule has 5 nitrogen and oxygen atoms in total. The molecule has 1 saturated heterocycles. The molecule has 1 amide bonds. The predicted molar refractivity (Wildman–Crippen MR) is 66.5 cm³/mol. The Morgan fingerprint density at radius 3 is 3.24 bits per heavy atom. The summed E-state index contributed by atoms with van der Waals surface area (Å²) < 4.78 is 0. The van der Waals surface area contributed by atoms with Crippen LogP contribution in [0.4, 0.5) is 0 Å². The van der Waals surface area contributed by atoms with E-state index in [2.05, 4.69) is 27.6 Å². The second-order valence-electron chi connectivity index (χ2n) is 4.54. The highest BCUT2D eigenvalue weighted by Crippen LogP contribution is 2.04. The molecule has 1 aromatic rings. The first kappa shape index (κ1) is 12.1. The van der Waals surface area contributed by atoms with Crippen molar-refractivity contribution in [3.8, 4) is 0 Å². The van der Waals surface area contributed by atoms with E-state index in [9.17, 15) is 4.79 Å². The van der Waals surface area contributed by atoms with Crippen molar-refractivity contribution in [2.75, 3.05) is 26.7 Å². The van der Waals surface area contributed by atoms with Crippen LogP contribution in [0.25, 0.3) is 0 Å². The summed E-state index contributed by atoms with van der Waals surface area (Å²) in [6, 6.07) is 2.28. The first-order valence-corrected chi connectivity index (χ1v) is 6.05. The highest BCUT2D eigenvalue weighted by Gasteiger charge is 2.21. The van der Waals surface area contributed by atoms with Crippen molar-refractivity contribution >= 4 is 5.91 Å². The molecular formula is C12H20N4O. The molecule has 1 fully saturated rings. The minimum Gasteiger partial charge on any atom is -0.367 e. The van der Waals surface area contributed by atoms with Gasteiger partial charge >= 0.3 is 0 Å². The van der Waals surface area contributed by atoms with Gasteiger partial charge in [-0.3, -0.25) is 4.79 Å². The summed E-state index contributed by atoms with van der Waals surface area (Å²) in [5.74, 6) is 0.117. The van der Waals surface area contributed by atoms with Crippen molar-refractivity contribution in [2.24, 2.45) is 0 Å². The average Bonchev–Trinajstić information content (AvgIpc) is 2.82. The Labute approximate surface area is 102 Å². The fourth-order valence-corrected chi connectivity index (χ4v) is 2.05. The minimum atomic E-state index is 0.117. The quantitative estimate of drug-likeness (QED) is 0.685. The van der Waals surface area contributed by atoms with E-state index in [1.54, 1.807) is 0 Å². The molecular weight excluding hydrogens is 216 g/mol. The Morgan fingerprint density at radius 2 is 2.53 bits per heavy atom. The van der Waals surface area contributed by atoms with Crippen LogP contribution >= 0.6 is 0 Å². The molecule has 0 radical (unpaired) electrons. The van der Waals surface area contributed by atoms with Gasteiger partial charge in [0.2, 0.25) is 5.91 Å². The smallest absolute Gasteiger partial charge is 0.221 e. The van der Waals surface area contributed by atoms with E-state index in [1.807, 2.05) is 18.5 Å². The second kappa shape index (κ2) is 5.84. The number of piperazine rings is 1. The SMILES string of the molecule is CN1CCNCC1CC(=O)NCc1cc[nH]c1. The normalized spacial score (nSPS) is 21.4. The second-order valence-corrected chi connectivity index (χ2v) is 4.54. The molecule has 2 rings (SSSR count). The monoisotopic (exact) mass is 236 g/mol. The minimum absolute atomic E-state index is 0.117. The number of aromatic amines is 1. The Hall–Kier alpha value is -1.33. The van der Waals surface area contributed by atoms with Crippen LogP contribution in [-0.4, -0.2) is 48.5 Å². The molecule has 94 valence electrons. The molecule has 1 aliphatic heterocycles. The summed E-state index contributed by atoms with van der Waals surface area (Å²) >= 11 is 0. The summed E-state index contributed by atoms with van der Waals surface area (Å²) in [5.41, 5.74) is 1.11. The lowest BCUT2D eigenvalue weighted by molar-refractivity contribution is -0.122. The molecule has 17 heavy (non-hydrogen) atoms. The van der Waals surface area contributed by atoms with Crippen LogP contribution in [-0.2, 0) is 11.3 Å². The van der Waals surface area contributed by atoms with Crippen molar-refractivity contribution < 1.29 is 4.79 Å². The summed E-state index contributed by atoms with van der Waals surface area (Å²) in [6.07, 6.45) is 4.32. The largest absolute Gasteiger partial charge is 0.367 e. The number of nitrogens with one attached hydrogen (secondary N) is 3. The van der Waals surface area contributed by atoms with Crippen LogP contribution in [0, 0.1) is 0 Å². The van der Waals surface area contributed by atoms with Gasteiger partial charge in [0.25, 0.3) is 0 Å². The lowest BCUT2D eigenvalue weighted by atomic mass is 10.1. The van der Waals surface area contributed by atoms with Gasteiger partial charge in [0, 0.05) is 51.0 Å². The molecule has 2 heterocycles. The van der Waals surface area contributed by atoms with Crippen molar-refractivity contribution in [1.29, 1.82) is 0 Å². The van der Waals surface area contributed by atoms with E-state index in [4.69, 9.17) is 0 Å². The number of rotatable bonds is 4. The van der Waals surface area contributed by atoms with Gasteiger partial charge in [-0.25, -0.2) is 0 Å². The summed E-state index contributed by atoms with van der Waals surface area (Å²) in [5, 5.41) is 6.25. The third kappa shape index (κ3) is 3.57. The van der Waals surface area contributed by atoms with Crippen molar-refractivity contribution in [1.82, 2.24) is 20.5 Å². The number of hydrogen-bond acceptors (Lipinski definition) is 3. The van der Waals surface area contributed by atoms with Gasteiger partial charge in [-0.2, -0.15) is 0 Å². The highest BCUT2D eigenvalue weighted by atomic mass is 16.1. The average molecular weight is 236 g/mol. The summed E-state index contributed by atoms with van der Waals surface area (Å²) in [7, 11) is 2.07. The van der Waals surface area contributed by atoms with Crippen molar-refractivity contribution in [3.63, 3.8) is 0 Å². The van der Waals surface area contributed by atoms with Gasteiger partial charge in [0.1, 0.15) is 0 Å². The fraction of sp³-hybridized carbons (Fsp3) is 0.583. The number of nitrogens with zero attached hydrogens (tertiary/aromatic N) is 1. The maximum absolute atomic E-state index is 11.8.